The maximum absolute atomic E-state index is 13.1. The van der Waals surface area contributed by atoms with Crippen molar-refractivity contribution in [3.63, 3.8) is 0 Å². The summed E-state index contributed by atoms with van der Waals surface area (Å²) >= 11 is 0. The Bertz CT molecular complexity index is 1190. The summed E-state index contributed by atoms with van der Waals surface area (Å²) in [5.41, 5.74) is 11.0. The number of nitrogens with one attached hydrogen (secondary N) is 2. The van der Waals surface area contributed by atoms with E-state index in [4.69, 9.17) is 0 Å². The molecule has 7 nitrogen and oxygen atoms in total. The van der Waals surface area contributed by atoms with Crippen molar-refractivity contribution in [1.82, 2.24) is 15.9 Å². The van der Waals surface area contributed by atoms with Crippen LogP contribution in [0.5, 0.6) is 5.75 Å². The van der Waals surface area contributed by atoms with Crippen molar-refractivity contribution in [3.05, 3.63) is 101 Å². The first-order valence-corrected chi connectivity index (χ1v) is 9.23. The molecular formula is C23H18N4O3. The maximum atomic E-state index is 13.1. The van der Waals surface area contributed by atoms with Crippen molar-refractivity contribution in [2.75, 3.05) is 0 Å². The first-order valence-electron chi connectivity index (χ1n) is 9.23. The summed E-state index contributed by atoms with van der Waals surface area (Å²) in [5.74, 6) is -1.00. The highest BCUT2D eigenvalue weighted by atomic mass is 16.3. The zero-order chi connectivity index (χ0) is 21.1. The molecule has 7 heteroatoms. The van der Waals surface area contributed by atoms with Gasteiger partial charge in [-0.2, -0.15) is 10.1 Å². The third kappa shape index (κ3) is 3.53. The first kappa shape index (κ1) is 19.0. The fourth-order valence-electron chi connectivity index (χ4n) is 3.15. The van der Waals surface area contributed by atoms with E-state index in [0.29, 0.717) is 28.2 Å². The van der Waals surface area contributed by atoms with E-state index in [-0.39, 0.29) is 17.2 Å². The van der Waals surface area contributed by atoms with Gasteiger partial charge < -0.3 is 5.11 Å². The van der Waals surface area contributed by atoms with E-state index in [2.05, 4.69) is 21.7 Å². The number of hydrazone groups is 1. The molecule has 0 saturated heterocycles. The van der Waals surface area contributed by atoms with Crippen molar-refractivity contribution in [2.24, 2.45) is 5.10 Å². The van der Waals surface area contributed by atoms with Gasteiger partial charge in [-0.3, -0.25) is 20.4 Å². The Balaban J connectivity index is 1.68. The summed E-state index contributed by atoms with van der Waals surface area (Å²) < 4.78 is 0. The minimum atomic E-state index is -0.537. The van der Waals surface area contributed by atoms with Gasteiger partial charge in [-0.1, -0.05) is 42.5 Å². The second-order valence-corrected chi connectivity index (χ2v) is 6.58. The van der Waals surface area contributed by atoms with E-state index in [0.717, 1.165) is 0 Å². The Hall–Kier alpha value is -4.35. The quantitative estimate of drug-likeness (QED) is 0.410. The number of benzene rings is 2. The maximum Gasteiger partial charge on any atom is 0.282 e. The van der Waals surface area contributed by atoms with Gasteiger partial charge in [0.05, 0.1) is 28.2 Å². The molecule has 2 aromatic carbocycles. The van der Waals surface area contributed by atoms with Crippen LogP contribution in [-0.4, -0.2) is 27.6 Å². The number of hydrogen-bond donors (Lipinski definition) is 3. The predicted molar refractivity (Wildman–Crippen MR) is 113 cm³/mol. The number of phenols is 1. The molecule has 0 radical (unpaired) electrons. The molecule has 0 fully saturated rings. The number of carbonyl (C=O) groups is 2. The highest BCUT2D eigenvalue weighted by Crippen LogP contribution is 2.27. The van der Waals surface area contributed by atoms with E-state index in [1.165, 1.54) is 17.1 Å². The lowest BCUT2D eigenvalue weighted by Gasteiger charge is -2.16. The molecule has 0 saturated carbocycles. The highest BCUT2D eigenvalue weighted by Gasteiger charge is 2.33. The van der Waals surface area contributed by atoms with Gasteiger partial charge in [-0.25, -0.2) is 0 Å². The minimum Gasteiger partial charge on any atom is -0.507 e. The van der Waals surface area contributed by atoms with E-state index in [1.807, 2.05) is 30.3 Å². The lowest BCUT2D eigenvalue weighted by molar-refractivity contribution is -0.123. The van der Waals surface area contributed by atoms with Crippen LogP contribution >= 0.6 is 0 Å². The Morgan fingerprint density at radius 1 is 1.07 bits per heavy atom. The van der Waals surface area contributed by atoms with Crippen molar-refractivity contribution in [3.8, 4) is 5.75 Å². The molecule has 4 rings (SSSR count). The SMILES string of the molecule is CC1=NN(C2=CC=C=C2)C(=O)/C1=C(\NNC(=O)c1ccccc1O)c1ccccc1. The van der Waals surface area contributed by atoms with E-state index in [1.54, 1.807) is 37.3 Å². The van der Waals surface area contributed by atoms with Crippen LogP contribution in [0.2, 0.25) is 0 Å². The Morgan fingerprint density at radius 2 is 1.80 bits per heavy atom. The highest BCUT2D eigenvalue weighted by molar-refractivity contribution is 6.28. The monoisotopic (exact) mass is 398 g/mol. The first-order chi connectivity index (χ1) is 14.6. The minimum absolute atomic E-state index is 0.111. The molecule has 0 atom stereocenters. The van der Waals surface area contributed by atoms with Gasteiger partial charge in [0.15, 0.2) is 0 Å². The van der Waals surface area contributed by atoms with Crippen LogP contribution in [0.15, 0.2) is 94.9 Å². The summed E-state index contributed by atoms with van der Waals surface area (Å²) in [4.78, 5) is 25.7. The van der Waals surface area contributed by atoms with E-state index in [9.17, 15) is 14.7 Å². The number of hydrogen-bond acceptors (Lipinski definition) is 5. The van der Waals surface area contributed by atoms with Crippen LogP contribution in [0.25, 0.3) is 5.70 Å². The average molecular weight is 398 g/mol. The summed E-state index contributed by atoms with van der Waals surface area (Å²) in [5, 5.41) is 15.6. The van der Waals surface area contributed by atoms with Crippen molar-refractivity contribution in [1.29, 1.82) is 0 Å². The molecule has 1 aliphatic carbocycles. The van der Waals surface area contributed by atoms with Gasteiger partial charge in [0.1, 0.15) is 5.75 Å². The van der Waals surface area contributed by atoms with E-state index < -0.39 is 5.91 Å². The van der Waals surface area contributed by atoms with Crippen LogP contribution in [0, 0.1) is 0 Å². The molecule has 3 N–H and O–H groups in total. The van der Waals surface area contributed by atoms with E-state index >= 15 is 0 Å². The Kier molecular flexibility index (Phi) is 5.03. The molecule has 0 aromatic heterocycles. The molecule has 2 amide bonds. The van der Waals surface area contributed by atoms with Crippen LogP contribution in [0.4, 0.5) is 0 Å². The van der Waals surface area contributed by atoms with Crippen LogP contribution < -0.4 is 10.9 Å². The third-order valence-corrected chi connectivity index (χ3v) is 4.61. The number of hydrazine groups is 1. The van der Waals surface area contributed by atoms with Gasteiger partial charge in [-0.15, -0.1) is 5.73 Å². The molecule has 0 unspecified atom stereocenters. The normalized spacial score (nSPS) is 16.4. The van der Waals surface area contributed by atoms with Crippen molar-refractivity contribution < 1.29 is 14.7 Å². The standard InChI is InChI=1S/C23H18N4O3/c1-15-20(23(30)27(26-15)17-11-5-6-12-17)21(16-9-3-2-4-10-16)24-25-22(29)18-13-7-8-14-19(18)28/h2-5,7-14,24,28H,1H3,(H,25,29)/b21-20-. The molecular weight excluding hydrogens is 380 g/mol. The lowest BCUT2D eigenvalue weighted by atomic mass is 10.0. The van der Waals surface area contributed by atoms with Gasteiger partial charge in [0.2, 0.25) is 0 Å². The molecule has 1 heterocycles. The molecule has 0 spiro atoms. The molecule has 2 aliphatic rings. The molecule has 1 aliphatic heterocycles. The number of phenolic OH excluding ortho intramolecular Hbond substituents is 1. The van der Waals surface area contributed by atoms with Crippen LogP contribution in [0.3, 0.4) is 0 Å². The smallest absolute Gasteiger partial charge is 0.282 e. The summed E-state index contributed by atoms with van der Waals surface area (Å²) in [7, 11) is 0. The van der Waals surface area contributed by atoms with Crippen LogP contribution in [-0.2, 0) is 4.79 Å². The molecule has 0 bridgehead atoms. The third-order valence-electron chi connectivity index (χ3n) is 4.61. The molecule has 30 heavy (non-hydrogen) atoms. The molecule has 148 valence electrons. The number of carbonyl (C=O) groups excluding carboxylic acids is 2. The van der Waals surface area contributed by atoms with Gasteiger partial charge in [-0.05, 0) is 31.2 Å². The van der Waals surface area contributed by atoms with Crippen molar-refractivity contribution in [2.45, 2.75) is 6.92 Å². The number of aromatic hydroxyl groups is 1. The number of rotatable bonds is 5. The predicted octanol–water partition coefficient (Wildman–Crippen LogP) is 2.86. The van der Waals surface area contributed by atoms with Crippen LogP contribution in [0.1, 0.15) is 22.8 Å². The second kappa shape index (κ2) is 7.95. The fraction of sp³-hybridized carbons (Fsp3) is 0.0435. The number of amides is 2. The number of allylic oxidation sites excluding steroid dienone is 2. The van der Waals surface area contributed by atoms with Gasteiger partial charge in [0, 0.05) is 11.6 Å². The molecule has 2 aromatic rings. The zero-order valence-corrected chi connectivity index (χ0v) is 16.1. The van der Waals surface area contributed by atoms with Gasteiger partial charge in [0.25, 0.3) is 11.8 Å². The Labute approximate surface area is 173 Å². The zero-order valence-electron chi connectivity index (χ0n) is 16.1. The van der Waals surface area contributed by atoms with Crippen molar-refractivity contribution >= 4 is 23.2 Å². The number of para-hydroxylation sites is 1. The second-order valence-electron chi connectivity index (χ2n) is 6.58. The van der Waals surface area contributed by atoms with Gasteiger partial charge >= 0.3 is 0 Å². The summed E-state index contributed by atoms with van der Waals surface area (Å²) in [6.45, 7) is 1.73. The number of nitrogens with zero attached hydrogens (tertiary/aromatic N) is 2. The topological polar surface area (TPSA) is 94.0 Å². The summed E-state index contributed by atoms with van der Waals surface area (Å²) in [6.07, 6.45) is 5.12. The fourth-order valence-corrected chi connectivity index (χ4v) is 3.15. The lowest BCUT2D eigenvalue weighted by Crippen LogP contribution is -2.38. The summed E-state index contributed by atoms with van der Waals surface area (Å²) in [6, 6.07) is 15.4. The average Bonchev–Trinajstić information content (AvgIpc) is 3.38. The Morgan fingerprint density at radius 3 is 2.50 bits per heavy atom. The largest absolute Gasteiger partial charge is 0.507 e.